The molecule has 3 rings (SSSR count). The molecule has 0 fully saturated rings. The lowest BCUT2D eigenvalue weighted by atomic mass is 10.1. The number of nitrogens with zero attached hydrogens (tertiary/aromatic N) is 2. The van der Waals surface area contributed by atoms with E-state index in [9.17, 15) is 0 Å². The van der Waals surface area contributed by atoms with Crippen LogP contribution in [-0.2, 0) is 6.42 Å². The summed E-state index contributed by atoms with van der Waals surface area (Å²) in [5, 5.41) is 3.41. The fraction of sp³-hybridized carbons (Fsp3) is 0.357. The van der Waals surface area contributed by atoms with E-state index in [1.54, 1.807) is 0 Å². The third-order valence-corrected chi connectivity index (χ3v) is 3.30. The Labute approximate surface area is 101 Å². The number of nitrogens with one attached hydrogen (secondary N) is 1. The molecule has 0 saturated carbocycles. The first-order chi connectivity index (χ1) is 8.24. The Hall–Kier alpha value is -1.77. The minimum atomic E-state index is 0.476. The number of fused-ring (bicyclic) bond motifs is 1. The van der Waals surface area contributed by atoms with Crippen LogP contribution in [0.5, 0.6) is 0 Å². The van der Waals surface area contributed by atoms with E-state index in [1.165, 1.54) is 16.9 Å². The fourth-order valence-corrected chi connectivity index (χ4v) is 2.22. The highest BCUT2D eigenvalue weighted by atomic mass is 15.0. The highest BCUT2D eigenvalue weighted by molar-refractivity contribution is 5.60. The van der Waals surface area contributed by atoms with Crippen molar-refractivity contribution in [2.75, 3.05) is 11.9 Å². The fourth-order valence-electron chi connectivity index (χ4n) is 2.22. The van der Waals surface area contributed by atoms with Gasteiger partial charge in [-0.2, -0.15) is 0 Å². The molecule has 0 spiro atoms. The molecule has 1 aliphatic rings. The van der Waals surface area contributed by atoms with Crippen LogP contribution in [0.4, 0.5) is 5.69 Å². The molecular formula is C14H17N3. The van der Waals surface area contributed by atoms with Gasteiger partial charge in [0.1, 0.15) is 0 Å². The lowest BCUT2D eigenvalue weighted by molar-refractivity contribution is 0.831. The van der Waals surface area contributed by atoms with Crippen LogP contribution in [0.2, 0.25) is 0 Å². The zero-order valence-corrected chi connectivity index (χ0v) is 10.3. The van der Waals surface area contributed by atoms with Crippen molar-refractivity contribution in [3.05, 3.63) is 42.0 Å². The van der Waals surface area contributed by atoms with Gasteiger partial charge >= 0.3 is 0 Å². The van der Waals surface area contributed by atoms with Gasteiger partial charge in [-0.1, -0.05) is 19.9 Å². The summed E-state index contributed by atoms with van der Waals surface area (Å²) in [6, 6.07) is 6.57. The topological polar surface area (TPSA) is 29.9 Å². The molecule has 0 radical (unpaired) electrons. The average molecular weight is 227 g/mol. The van der Waals surface area contributed by atoms with Crippen molar-refractivity contribution in [3.8, 4) is 5.69 Å². The van der Waals surface area contributed by atoms with E-state index in [-0.39, 0.29) is 0 Å². The average Bonchev–Trinajstić information content (AvgIpc) is 2.97. The van der Waals surface area contributed by atoms with Gasteiger partial charge in [0.2, 0.25) is 0 Å². The van der Waals surface area contributed by atoms with Crippen LogP contribution < -0.4 is 5.32 Å². The first-order valence-corrected chi connectivity index (χ1v) is 6.15. The Morgan fingerprint density at radius 3 is 3.00 bits per heavy atom. The van der Waals surface area contributed by atoms with Crippen molar-refractivity contribution in [3.63, 3.8) is 0 Å². The Morgan fingerprint density at radius 1 is 1.35 bits per heavy atom. The predicted octanol–water partition coefficient (Wildman–Crippen LogP) is 2.96. The van der Waals surface area contributed by atoms with Crippen molar-refractivity contribution in [2.24, 2.45) is 0 Å². The quantitative estimate of drug-likeness (QED) is 0.854. The highest BCUT2D eigenvalue weighted by Gasteiger charge is 2.11. The van der Waals surface area contributed by atoms with Crippen LogP contribution >= 0.6 is 0 Å². The molecular weight excluding hydrogens is 210 g/mol. The van der Waals surface area contributed by atoms with E-state index >= 15 is 0 Å². The summed E-state index contributed by atoms with van der Waals surface area (Å²) >= 11 is 0. The molecule has 1 aliphatic heterocycles. The number of benzene rings is 1. The minimum absolute atomic E-state index is 0.476. The van der Waals surface area contributed by atoms with Crippen molar-refractivity contribution < 1.29 is 0 Å². The maximum absolute atomic E-state index is 4.43. The minimum Gasteiger partial charge on any atom is -0.384 e. The van der Waals surface area contributed by atoms with Gasteiger partial charge in [0.15, 0.2) is 0 Å². The molecule has 88 valence electrons. The van der Waals surface area contributed by atoms with Gasteiger partial charge < -0.3 is 9.88 Å². The van der Waals surface area contributed by atoms with E-state index < -0.39 is 0 Å². The zero-order valence-electron chi connectivity index (χ0n) is 10.3. The van der Waals surface area contributed by atoms with E-state index in [0.717, 1.165) is 18.7 Å². The molecule has 0 aliphatic carbocycles. The molecule has 1 aromatic carbocycles. The largest absolute Gasteiger partial charge is 0.384 e. The summed E-state index contributed by atoms with van der Waals surface area (Å²) in [5.41, 5.74) is 5.00. The number of anilines is 1. The molecule has 0 saturated heterocycles. The van der Waals surface area contributed by atoms with Crippen molar-refractivity contribution in [1.82, 2.24) is 9.55 Å². The molecule has 3 heteroatoms. The molecule has 0 bridgehead atoms. The maximum Gasteiger partial charge on any atom is 0.0995 e. The SMILES string of the molecule is CC(C)c1cn(-c2ccc3c(c2)NCC3)cn1. The number of hydrogen-bond acceptors (Lipinski definition) is 2. The summed E-state index contributed by atoms with van der Waals surface area (Å²) in [4.78, 5) is 4.43. The van der Waals surface area contributed by atoms with Gasteiger partial charge in [-0.15, -0.1) is 0 Å². The number of aromatic nitrogens is 2. The van der Waals surface area contributed by atoms with Crippen LogP contribution in [0.3, 0.4) is 0 Å². The van der Waals surface area contributed by atoms with E-state index in [4.69, 9.17) is 0 Å². The predicted molar refractivity (Wildman–Crippen MR) is 69.8 cm³/mol. The summed E-state index contributed by atoms with van der Waals surface area (Å²) in [6.07, 6.45) is 5.14. The summed E-state index contributed by atoms with van der Waals surface area (Å²) in [7, 11) is 0. The van der Waals surface area contributed by atoms with Gasteiger partial charge in [-0.25, -0.2) is 4.98 Å². The van der Waals surface area contributed by atoms with E-state index in [1.807, 2.05) is 6.33 Å². The van der Waals surface area contributed by atoms with E-state index in [2.05, 4.69) is 53.1 Å². The van der Waals surface area contributed by atoms with Crippen molar-refractivity contribution in [1.29, 1.82) is 0 Å². The van der Waals surface area contributed by atoms with Crippen LogP contribution in [0.15, 0.2) is 30.7 Å². The van der Waals surface area contributed by atoms with Crippen LogP contribution in [-0.4, -0.2) is 16.1 Å². The number of hydrogen-bond donors (Lipinski definition) is 1. The van der Waals surface area contributed by atoms with Crippen molar-refractivity contribution in [2.45, 2.75) is 26.2 Å². The summed E-state index contributed by atoms with van der Waals surface area (Å²) < 4.78 is 2.09. The second-order valence-electron chi connectivity index (χ2n) is 4.88. The molecule has 17 heavy (non-hydrogen) atoms. The van der Waals surface area contributed by atoms with Crippen LogP contribution in [0.25, 0.3) is 5.69 Å². The normalized spacial score (nSPS) is 13.8. The summed E-state index contributed by atoms with van der Waals surface area (Å²) in [5.74, 6) is 0.476. The Kier molecular flexibility index (Phi) is 2.39. The number of imidazole rings is 1. The standard InChI is InChI=1S/C14H17N3/c1-10(2)14-8-17(9-16-14)12-4-3-11-5-6-15-13(11)7-12/h3-4,7-10,15H,5-6H2,1-2H3. The molecule has 0 amide bonds. The smallest absolute Gasteiger partial charge is 0.0995 e. The summed E-state index contributed by atoms with van der Waals surface area (Å²) in [6.45, 7) is 5.38. The molecule has 1 aromatic heterocycles. The molecule has 2 heterocycles. The lowest BCUT2D eigenvalue weighted by Crippen LogP contribution is -1.93. The highest BCUT2D eigenvalue weighted by Crippen LogP contribution is 2.25. The van der Waals surface area contributed by atoms with Crippen molar-refractivity contribution >= 4 is 5.69 Å². The monoisotopic (exact) mass is 227 g/mol. The van der Waals surface area contributed by atoms with Gasteiger partial charge in [0.25, 0.3) is 0 Å². The third kappa shape index (κ3) is 1.82. The Balaban J connectivity index is 1.97. The van der Waals surface area contributed by atoms with Crippen LogP contribution in [0.1, 0.15) is 31.0 Å². The molecule has 0 unspecified atom stereocenters. The Bertz CT molecular complexity index is 540. The first-order valence-electron chi connectivity index (χ1n) is 6.15. The molecule has 3 nitrogen and oxygen atoms in total. The molecule has 2 aromatic rings. The van der Waals surface area contributed by atoms with Gasteiger partial charge in [-0.3, -0.25) is 0 Å². The number of rotatable bonds is 2. The lowest BCUT2D eigenvalue weighted by Gasteiger charge is -2.05. The zero-order chi connectivity index (χ0) is 11.8. The third-order valence-electron chi connectivity index (χ3n) is 3.30. The second kappa shape index (κ2) is 3.91. The molecule has 1 N–H and O–H groups in total. The van der Waals surface area contributed by atoms with E-state index in [0.29, 0.717) is 5.92 Å². The second-order valence-corrected chi connectivity index (χ2v) is 4.88. The Morgan fingerprint density at radius 2 is 2.24 bits per heavy atom. The van der Waals surface area contributed by atoms with Gasteiger partial charge in [-0.05, 0) is 30.0 Å². The van der Waals surface area contributed by atoms with Gasteiger partial charge in [0.05, 0.1) is 12.0 Å². The maximum atomic E-state index is 4.43. The van der Waals surface area contributed by atoms with Gasteiger partial charge in [0, 0.05) is 24.1 Å². The van der Waals surface area contributed by atoms with Crippen LogP contribution in [0, 0.1) is 0 Å². The molecule has 0 atom stereocenters. The first kappa shape index (κ1) is 10.4.